The van der Waals surface area contributed by atoms with Crippen LogP contribution < -0.4 is 14.8 Å². The van der Waals surface area contributed by atoms with E-state index in [-0.39, 0.29) is 39.4 Å². The van der Waals surface area contributed by atoms with Crippen molar-refractivity contribution in [2.24, 2.45) is 0 Å². The van der Waals surface area contributed by atoms with E-state index in [0.717, 1.165) is 4.88 Å². The molecule has 0 saturated carbocycles. The van der Waals surface area contributed by atoms with E-state index in [9.17, 15) is 18.3 Å². The largest absolute Gasteiger partial charge is 0.502 e. The van der Waals surface area contributed by atoms with Crippen molar-refractivity contribution in [1.29, 1.82) is 0 Å². The summed E-state index contributed by atoms with van der Waals surface area (Å²) < 4.78 is 36.7. The summed E-state index contributed by atoms with van der Waals surface area (Å²) in [5.41, 5.74) is 0.985. The third-order valence-corrected chi connectivity index (χ3v) is 8.04. The minimum Gasteiger partial charge on any atom is -0.502 e. The van der Waals surface area contributed by atoms with E-state index in [1.165, 1.54) is 37.7 Å². The van der Waals surface area contributed by atoms with Crippen molar-refractivity contribution in [3.8, 4) is 17.2 Å². The molecule has 1 aromatic heterocycles. The van der Waals surface area contributed by atoms with Gasteiger partial charge in [-0.2, -0.15) is 0 Å². The summed E-state index contributed by atoms with van der Waals surface area (Å²) in [6.07, 6.45) is 0.134. The highest BCUT2D eigenvalue weighted by molar-refractivity contribution is 7.91. The highest BCUT2D eigenvalue weighted by Gasteiger charge is 2.35. The third kappa shape index (κ3) is 3.29. The van der Waals surface area contributed by atoms with E-state index in [0.29, 0.717) is 11.3 Å². The lowest BCUT2D eigenvalue weighted by molar-refractivity contribution is -0.116. The smallest absolute Gasteiger partial charge is 0.225 e. The van der Waals surface area contributed by atoms with Gasteiger partial charge in [0.15, 0.2) is 11.5 Å². The molecule has 7 nitrogen and oxygen atoms in total. The standard InChI is InChI=1S/C21H19NO6S2/c1-27-15-8-12(9-16(28-2)20(15)24)14-10-18(23)22-19-17(11-29-21(14)19)30(25,26)13-6-4-3-5-7-13/h3-9,11,14,24H,10H2,1-2H3,(H,22,23). The number of benzene rings is 2. The monoisotopic (exact) mass is 445 g/mol. The molecule has 0 fully saturated rings. The van der Waals surface area contributed by atoms with Gasteiger partial charge in [0.1, 0.15) is 4.90 Å². The number of carbonyl (C=O) groups excluding carboxylic acids is 1. The van der Waals surface area contributed by atoms with E-state index < -0.39 is 15.8 Å². The quantitative estimate of drug-likeness (QED) is 0.620. The maximum Gasteiger partial charge on any atom is 0.225 e. The lowest BCUT2D eigenvalue weighted by Crippen LogP contribution is -2.23. The molecule has 2 N–H and O–H groups in total. The van der Waals surface area contributed by atoms with Crippen LogP contribution in [0.3, 0.4) is 0 Å². The fraction of sp³-hybridized carbons (Fsp3) is 0.190. The van der Waals surface area contributed by atoms with Crippen LogP contribution in [0.4, 0.5) is 5.69 Å². The number of fused-ring (bicyclic) bond motifs is 1. The highest BCUT2D eigenvalue weighted by Crippen LogP contribution is 2.48. The molecule has 1 aliphatic heterocycles. The number of ether oxygens (including phenoxy) is 2. The number of anilines is 1. The predicted octanol–water partition coefficient (Wildman–Crippen LogP) is 3.78. The molecule has 1 amide bonds. The number of thiophene rings is 1. The molecule has 2 aromatic carbocycles. The second-order valence-electron chi connectivity index (χ2n) is 6.73. The fourth-order valence-corrected chi connectivity index (χ4v) is 6.44. The molecule has 1 unspecified atom stereocenters. The Morgan fingerprint density at radius 1 is 1.10 bits per heavy atom. The van der Waals surface area contributed by atoms with Crippen LogP contribution in [0, 0.1) is 0 Å². The normalized spacial score (nSPS) is 15.9. The average molecular weight is 446 g/mol. The van der Waals surface area contributed by atoms with Crippen LogP contribution in [-0.4, -0.2) is 33.7 Å². The Balaban J connectivity index is 1.85. The third-order valence-electron chi connectivity index (χ3n) is 5.00. The number of sulfone groups is 1. The number of aromatic hydroxyl groups is 1. The van der Waals surface area contributed by atoms with Crippen LogP contribution in [0.2, 0.25) is 0 Å². The Hall–Kier alpha value is -3.04. The van der Waals surface area contributed by atoms with Crippen LogP contribution in [0.25, 0.3) is 0 Å². The van der Waals surface area contributed by atoms with Gasteiger partial charge in [0.2, 0.25) is 21.5 Å². The van der Waals surface area contributed by atoms with Gasteiger partial charge < -0.3 is 19.9 Å². The Labute approximate surface area is 177 Å². The second kappa shape index (κ2) is 7.66. The molecule has 0 saturated heterocycles. The number of hydrogen-bond acceptors (Lipinski definition) is 7. The predicted molar refractivity (Wildman–Crippen MR) is 113 cm³/mol. The number of amides is 1. The Morgan fingerprint density at radius 2 is 1.73 bits per heavy atom. The number of carbonyl (C=O) groups is 1. The van der Waals surface area contributed by atoms with E-state index in [1.54, 1.807) is 35.7 Å². The van der Waals surface area contributed by atoms with Crippen LogP contribution in [0.15, 0.2) is 57.6 Å². The molecular weight excluding hydrogens is 426 g/mol. The number of phenols is 1. The molecule has 9 heteroatoms. The lowest BCUT2D eigenvalue weighted by atomic mass is 9.90. The first kappa shape index (κ1) is 20.2. The molecule has 0 bridgehead atoms. The summed E-state index contributed by atoms with van der Waals surface area (Å²) in [5.74, 6) is -0.401. The summed E-state index contributed by atoms with van der Waals surface area (Å²) in [5, 5.41) is 14.5. The molecular formula is C21H19NO6S2. The van der Waals surface area contributed by atoms with Gasteiger partial charge in [0, 0.05) is 22.6 Å². The van der Waals surface area contributed by atoms with Gasteiger partial charge in [-0.25, -0.2) is 8.42 Å². The average Bonchev–Trinajstić information content (AvgIpc) is 3.18. The number of phenolic OH excluding ortho intramolecular Hbond substituents is 1. The van der Waals surface area contributed by atoms with Crippen LogP contribution in [0.1, 0.15) is 22.8 Å². The molecule has 0 radical (unpaired) electrons. The van der Waals surface area contributed by atoms with E-state index in [2.05, 4.69) is 5.32 Å². The van der Waals surface area contributed by atoms with Gasteiger partial charge >= 0.3 is 0 Å². The number of nitrogens with one attached hydrogen (secondary N) is 1. The molecule has 4 rings (SSSR count). The highest BCUT2D eigenvalue weighted by atomic mass is 32.2. The second-order valence-corrected chi connectivity index (χ2v) is 9.56. The van der Waals surface area contributed by atoms with Crippen molar-refractivity contribution in [2.75, 3.05) is 19.5 Å². The maximum atomic E-state index is 13.1. The summed E-state index contributed by atoms with van der Waals surface area (Å²) >= 11 is 1.27. The summed E-state index contributed by atoms with van der Waals surface area (Å²) in [6.45, 7) is 0. The van der Waals surface area contributed by atoms with Gasteiger partial charge in [0.25, 0.3) is 0 Å². The number of hydrogen-bond donors (Lipinski definition) is 2. The lowest BCUT2D eigenvalue weighted by Gasteiger charge is -2.24. The fourth-order valence-electron chi connectivity index (χ4n) is 3.51. The van der Waals surface area contributed by atoms with Gasteiger partial charge in [-0.15, -0.1) is 11.3 Å². The summed E-state index contributed by atoms with van der Waals surface area (Å²) in [7, 11) is -0.945. The first-order valence-corrected chi connectivity index (χ1v) is 11.4. The number of methoxy groups -OCH3 is 2. The SMILES string of the molecule is COc1cc(C2CC(=O)Nc3c(S(=O)(=O)c4ccccc4)csc32)cc(OC)c1O. The first-order valence-electron chi connectivity index (χ1n) is 9.03. The zero-order valence-corrected chi connectivity index (χ0v) is 17.8. The van der Waals surface area contributed by atoms with Crippen molar-refractivity contribution in [1.82, 2.24) is 0 Å². The van der Waals surface area contributed by atoms with Crippen molar-refractivity contribution < 1.29 is 27.8 Å². The molecule has 1 aliphatic rings. The van der Waals surface area contributed by atoms with Crippen molar-refractivity contribution in [3.63, 3.8) is 0 Å². The molecule has 156 valence electrons. The van der Waals surface area contributed by atoms with Crippen LogP contribution in [0.5, 0.6) is 17.2 Å². The Bertz CT molecular complexity index is 1190. The first-order chi connectivity index (χ1) is 14.4. The van der Waals surface area contributed by atoms with Gasteiger partial charge in [-0.05, 0) is 29.8 Å². The van der Waals surface area contributed by atoms with E-state index in [1.807, 2.05) is 0 Å². The Kier molecular flexibility index (Phi) is 5.17. The number of rotatable bonds is 5. The van der Waals surface area contributed by atoms with E-state index >= 15 is 0 Å². The molecule has 1 atom stereocenters. The molecule has 0 spiro atoms. The topological polar surface area (TPSA) is 102 Å². The molecule has 2 heterocycles. The summed E-state index contributed by atoms with van der Waals surface area (Å²) in [4.78, 5) is 13.4. The van der Waals surface area contributed by atoms with Gasteiger partial charge in [0.05, 0.1) is 24.8 Å². The molecule has 0 aliphatic carbocycles. The zero-order valence-electron chi connectivity index (χ0n) is 16.2. The van der Waals surface area contributed by atoms with Crippen molar-refractivity contribution in [2.45, 2.75) is 22.1 Å². The molecule has 30 heavy (non-hydrogen) atoms. The summed E-state index contributed by atoms with van der Waals surface area (Å²) in [6, 6.07) is 11.4. The minimum atomic E-state index is -3.79. The van der Waals surface area contributed by atoms with Gasteiger partial charge in [-0.3, -0.25) is 4.79 Å². The van der Waals surface area contributed by atoms with Crippen molar-refractivity contribution in [3.05, 3.63) is 58.3 Å². The maximum absolute atomic E-state index is 13.1. The van der Waals surface area contributed by atoms with Crippen LogP contribution >= 0.6 is 11.3 Å². The van der Waals surface area contributed by atoms with E-state index in [4.69, 9.17) is 9.47 Å². The zero-order chi connectivity index (χ0) is 21.5. The minimum absolute atomic E-state index is 0.0736. The Morgan fingerprint density at radius 3 is 2.33 bits per heavy atom. The van der Waals surface area contributed by atoms with Crippen molar-refractivity contribution >= 4 is 32.8 Å². The van der Waals surface area contributed by atoms with Crippen LogP contribution in [-0.2, 0) is 14.6 Å². The van der Waals surface area contributed by atoms with Gasteiger partial charge in [-0.1, -0.05) is 18.2 Å². The molecule has 3 aromatic rings.